The van der Waals surface area contributed by atoms with Gasteiger partial charge in [0.2, 0.25) is 16.3 Å². The number of aliphatic hydroxyl groups excluding tert-OH is 3. The number of ether oxygens (including phenoxy) is 2. The molecule has 0 spiro atoms. The van der Waals surface area contributed by atoms with E-state index < -0.39 is 59.4 Å². The zero-order chi connectivity index (χ0) is 26.8. The van der Waals surface area contributed by atoms with Crippen molar-refractivity contribution < 1.29 is 51.2 Å². The molecule has 0 saturated carbocycles. The number of hydrogen-bond acceptors (Lipinski definition) is 8. The molecule has 0 aliphatic carbocycles. The number of alkyl halides is 3. The average Bonchev–Trinajstić information content (AvgIpc) is 2.77. The van der Waals surface area contributed by atoms with Gasteiger partial charge in [-0.05, 0) is 36.2 Å². The van der Waals surface area contributed by atoms with Crippen molar-refractivity contribution in [3.8, 4) is 16.9 Å². The van der Waals surface area contributed by atoms with Gasteiger partial charge in [-0.3, -0.25) is 9.52 Å². The molecule has 5 atom stereocenters. The number of sulfonamides is 1. The molecule has 2 aromatic carbocycles. The monoisotopic (exact) mass is 534 g/mol. The predicted molar refractivity (Wildman–Crippen MR) is 121 cm³/mol. The lowest BCUT2D eigenvalue weighted by molar-refractivity contribution is -0.247. The van der Waals surface area contributed by atoms with E-state index in [0.717, 1.165) is 6.26 Å². The van der Waals surface area contributed by atoms with Gasteiger partial charge in [-0.25, -0.2) is 8.42 Å². The number of carbonyl (C=O) groups is 1. The Bertz CT molecular complexity index is 1210. The van der Waals surface area contributed by atoms with Gasteiger partial charge in [0.25, 0.3) is 0 Å². The minimum Gasteiger partial charge on any atom is -0.462 e. The number of aryl methyl sites for hydroxylation is 1. The molecule has 1 saturated heterocycles. The van der Waals surface area contributed by atoms with Crippen molar-refractivity contribution in [3.05, 3.63) is 48.0 Å². The van der Waals surface area contributed by atoms with Crippen LogP contribution in [-0.4, -0.2) is 79.3 Å². The van der Waals surface area contributed by atoms with Gasteiger partial charge in [0.1, 0.15) is 30.1 Å². The van der Waals surface area contributed by atoms with Crippen LogP contribution in [0.2, 0.25) is 0 Å². The zero-order valence-corrected chi connectivity index (χ0v) is 19.9. The molecule has 5 N–H and O–H groups in total. The van der Waals surface area contributed by atoms with Crippen molar-refractivity contribution in [1.82, 2.24) is 5.32 Å². The Balaban J connectivity index is 2.01. The van der Waals surface area contributed by atoms with Crippen LogP contribution >= 0.6 is 0 Å². The summed E-state index contributed by atoms with van der Waals surface area (Å²) in [6.45, 7) is 0.913. The van der Waals surface area contributed by atoms with Crippen LogP contribution in [0.3, 0.4) is 0 Å². The molecule has 1 heterocycles. The van der Waals surface area contributed by atoms with E-state index in [2.05, 4.69) is 4.72 Å². The van der Waals surface area contributed by atoms with Crippen LogP contribution in [0.15, 0.2) is 42.5 Å². The molecule has 36 heavy (non-hydrogen) atoms. The van der Waals surface area contributed by atoms with Crippen molar-refractivity contribution in [1.29, 1.82) is 0 Å². The van der Waals surface area contributed by atoms with Crippen LogP contribution in [0.1, 0.15) is 5.56 Å². The number of halogens is 3. The third kappa shape index (κ3) is 6.44. The summed E-state index contributed by atoms with van der Waals surface area (Å²) in [6, 6.07) is 9.12. The number of hydrogen-bond donors (Lipinski definition) is 5. The standard InChI is InChI=1S/C22H25F3N2O8S/c1-11-5-3-8-14(16(11)12-6-4-7-13(9-12)27-36(2,32)33)34-20-17(26-21(31)22(23,24)25)19(30)18(29)15(10-28)35-20/h3-9,15,17-20,27-30H,10H2,1-2H3,(H,26,31). The number of benzene rings is 2. The molecule has 1 amide bonds. The van der Waals surface area contributed by atoms with Gasteiger partial charge in [-0.15, -0.1) is 0 Å². The van der Waals surface area contributed by atoms with Crippen LogP contribution < -0.4 is 14.8 Å². The molecule has 5 unspecified atom stereocenters. The molecule has 0 radical (unpaired) electrons. The van der Waals surface area contributed by atoms with E-state index in [-0.39, 0.29) is 11.4 Å². The van der Waals surface area contributed by atoms with E-state index in [1.807, 2.05) is 0 Å². The fraction of sp³-hybridized carbons (Fsp3) is 0.409. The summed E-state index contributed by atoms with van der Waals surface area (Å²) >= 11 is 0. The second kappa shape index (κ2) is 10.6. The minimum atomic E-state index is -5.29. The van der Waals surface area contributed by atoms with E-state index >= 15 is 0 Å². The van der Waals surface area contributed by atoms with Crippen molar-refractivity contribution >= 4 is 21.6 Å². The fourth-order valence-electron chi connectivity index (χ4n) is 3.76. The molecule has 198 valence electrons. The Morgan fingerprint density at radius 1 is 1.14 bits per heavy atom. The van der Waals surface area contributed by atoms with Gasteiger partial charge >= 0.3 is 12.1 Å². The Hall–Kier alpha value is -2.91. The normalized spacial score (nSPS) is 24.7. The Labute approximate surface area is 204 Å². The summed E-state index contributed by atoms with van der Waals surface area (Å²) in [5, 5.41) is 31.6. The predicted octanol–water partition coefficient (Wildman–Crippen LogP) is 0.898. The van der Waals surface area contributed by atoms with Gasteiger partial charge in [-0.2, -0.15) is 13.2 Å². The summed E-state index contributed by atoms with van der Waals surface area (Å²) in [6.07, 6.45) is -11.3. The highest BCUT2D eigenvalue weighted by Crippen LogP contribution is 2.36. The maximum atomic E-state index is 12.9. The van der Waals surface area contributed by atoms with Crippen LogP contribution in [0.25, 0.3) is 11.1 Å². The maximum Gasteiger partial charge on any atom is 0.471 e. The van der Waals surface area contributed by atoms with Gasteiger partial charge in [0, 0.05) is 11.3 Å². The van der Waals surface area contributed by atoms with E-state index in [4.69, 9.17) is 9.47 Å². The Kier molecular flexibility index (Phi) is 8.15. The maximum absolute atomic E-state index is 12.9. The lowest BCUT2D eigenvalue weighted by Gasteiger charge is -2.42. The Morgan fingerprint density at radius 3 is 2.42 bits per heavy atom. The van der Waals surface area contributed by atoms with Crippen molar-refractivity contribution in [2.45, 2.75) is 43.7 Å². The molecular weight excluding hydrogens is 509 g/mol. The highest BCUT2D eigenvalue weighted by Gasteiger charge is 2.49. The Morgan fingerprint density at radius 2 is 1.81 bits per heavy atom. The SMILES string of the molecule is Cc1cccc(OC2OC(CO)C(O)C(O)C2NC(=O)C(F)(F)F)c1-c1cccc(NS(C)(=O)=O)c1. The third-order valence-electron chi connectivity index (χ3n) is 5.37. The van der Waals surface area contributed by atoms with E-state index in [0.29, 0.717) is 16.7 Å². The third-order valence-corrected chi connectivity index (χ3v) is 5.97. The highest BCUT2D eigenvalue weighted by molar-refractivity contribution is 7.92. The van der Waals surface area contributed by atoms with Crippen molar-refractivity contribution in [2.24, 2.45) is 0 Å². The topological polar surface area (TPSA) is 154 Å². The molecule has 3 rings (SSSR count). The fourth-order valence-corrected chi connectivity index (χ4v) is 4.31. The lowest BCUT2D eigenvalue weighted by Crippen LogP contribution is -2.66. The van der Waals surface area contributed by atoms with Gasteiger partial charge in [0.05, 0.1) is 12.9 Å². The zero-order valence-electron chi connectivity index (χ0n) is 19.1. The molecule has 1 aliphatic rings. The average molecular weight is 535 g/mol. The van der Waals surface area contributed by atoms with Crippen LogP contribution in [0, 0.1) is 6.92 Å². The summed E-state index contributed by atoms with van der Waals surface area (Å²) in [4.78, 5) is 11.6. The van der Waals surface area contributed by atoms with E-state index in [1.165, 1.54) is 18.2 Å². The second-order valence-electron chi connectivity index (χ2n) is 8.22. The van der Waals surface area contributed by atoms with Crippen molar-refractivity contribution in [2.75, 3.05) is 17.6 Å². The summed E-state index contributed by atoms with van der Waals surface area (Å²) < 4.78 is 75.5. The van der Waals surface area contributed by atoms with Crippen LogP contribution in [0.5, 0.6) is 5.75 Å². The van der Waals surface area contributed by atoms with Gasteiger partial charge in [0.15, 0.2) is 0 Å². The number of anilines is 1. The van der Waals surface area contributed by atoms with E-state index in [1.54, 1.807) is 36.5 Å². The molecule has 14 heteroatoms. The van der Waals surface area contributed by atoms with Gasteiger partial charge < -0.3 is 30.1 Å². The number of rotatable bonds is 7. The molecule has 0 aromatic heterocycles. The smallest absolute Gasteiger partial charge is 0.462 e. The molecule has 0 bridgehead atoms. The van der Waals surface area contributed by atoms with E-state index in [9.17, 15) is 41.7 Å². The van der Waals surface area contributed by atoms with Crippen molar-refractivity contribution in [3.63, 3.8) is 0 Å². The summed E-state index contributed by atoms with van der Waals surface area (Å²) in [7, 11) is -3.58. The number of amides is 1. The summed E-state index contributed by atoms with van der Waals surface area (Å²) in [5.41, 5.74) is 1.77. The minimum absolute atomic E-state index is 0.0584. The number of aliphatic hydroxyl groups is 3. The lowest BCUT2D eigenvalue weighted by atomic mass is 9.96. The highest BCUT2D eigenvalue weighted by atomic mass is 32.2. The first-order valence-electron chi connectivity index (χ1n) is 10.6. The quantitative estimate of drug-likeness (QED) is 0.351. The largest absolute Gasteiger partial charge is 0.471 e. The molecule has 1 aliphatic heterocycles. The first-order chi connectivity index (χ1) is 16.7. The van der Waals surface area contributed by atoms with Gasteiger partial charge in [-0.1, -0.05) is 24.3 Å². The molecule has 1 fully saturated rings. The molecule has 2 aromatic rings. The second-order valence-corrected chi connectivity index (χ2v) is 9.97. The molecule has 10 nitrogen and oxygen atoms in total. The summed E-state index contributed by atoms with van der Waals surface area (Å²) in [5.74, 6) is -2.33. The molecular formula is C22H25F3N2O8S. The first kappa shape index (κ1) is 27.7. The van der Waals surface area contributed by atoms with Crippen LogP contribution in [-0.2, 0) is 19.6 Å². The number of carbonyl (C=O) groups excluding carboxylic acids is 1. The van der Waals surface area contributed by atoms with Crippen LogP contribution in [0.4, 0.5) is 18.9 Å². The number of nitrogens with one attached hydrogen (secondary N) is 2. The first-order valence-corrected chi connectivity index (χ1v) is 12.4.